The number of methoxy groups -OCH3 is 1. The molecular formula is C15H20FNO4. The molecule has 0 aromatic heterocycles. The Morgan fingerprint density at radius 1 is 1.24 bits per heavy atom. The summed E-state index contributed by atoms with van der Waals surface area (Å²) in [5.74, 6) is -0.951. The monoisotopic (exact) mass is 297 g/mol. The van der Waals surface area contributed by atoms with Gasteiger partial charge in [-0.15, -0.1) is 0 Å². The van der Waals surface area contributed by atoms with Gasteiger partial charge in [-0.3, -0.25) is 9.59 Å². The number of halogens is 1. The van der Waals surface area contributed by atoms with Gasteiger partial charge in [0.2, 0.25) is 5.91 Å². The van der Waals surface area contributed by atoms with Crippen molar-refractivity contribution >= 4 is 11.9 Å². The second-order valence-corrected chi connectivity index (χ2v) is 4.81. The third kappa shape index (κ3) is 6.25. The van der Waals surface area contributed by atoms with Crippen molar-refractivity contribution < 1.29 is 23.5 Å². The van der Waals surface area contributed by atoms with Crippen LogP contribution in [-0.4, -0.2) is 31.6 Å². The van der Waals surface area contributed by atoms with Crippen LogP contribution in [-0.2, 0) is 14.3 Å². The van der Waals surface area contributed by atoms with Gasteiger partial charge in [-0.25, -0.2) is 4.39 Å². The molecule has 1 amide bonds. The Labute approximate surface area is 123 Å². The lowest BCUT2D eigenvalue weighted by atomic mass is 10.1. The molecule has 0 bridgehead atoms. The molecule has 0 aliphatic heterocycles. The fourth-order valence-corrected chi connectivity index (χ4v) is 1.68. The molecule has 1 N–H and O–H groups in total. The molecule has 21 heavy (non-hydrogen) atoms. The number of hydrogen-bond donors (Lipinski definition) is 1. The van der Waals surface area contributed by atoms with Crippen molar-refractivity contribution in [2.24, 2.45) is 5.92 Å². The summed E-state index contributed by atoms with van der Waals surface area (Å²) in [6.45, 7) is 3.71. The number of ether oxygens (including phenoxy) is 2. The van der Waals surface area contributed by atoms with Crippen molar-refractivity contribution in [1.29, 1.82) is 0 Å². The summed E-state index contributed by atoms with van der Waals surface area (Å²) in [5.41, 5.74) is 0. The van der Waals surface area contributed by atoms with Gasteiger partial charge in [0.25, 0.3) is 0 Å². The van der Waals surface area contributed by atoms with Crippen LogP contribution in [0.2, 0.25) is 0 Å². The molecule has 1 rings (SSSR count). The first-order chi connectivity index (χ1) is 9.92. The highest BCUT2D eigenvalue weighted by molar-refractivity contribution is 5.82. The van der Waals surface area contributed by atoms with E-state index in [1.54, 1.807) is 13.8 Å². The lowest BCUT2D eigenvalue weighted by Gasteiger charge is -2.16. The smallest absolute Gasteiger partial charge is 0.308 e. The van der Waals surface area contributed by atoms with Gasteiger partial charge in [0.15, 0.2) is 0 Å². The average molecular weight is 297 g/mol. The summed E-state index contributed by atoms with van der Waals surface area (Å²) in [4.78, 5) is 22.8. The van der Waals surface area contributed by atoms with Crippen LogP contribution in [0, 0.1) is 11.7 Å². The number of benzene rings is 1. The standard InChI is InChI=1S/C15H20FNO4/c1-10(15(19)20-3)8-14(18)17-9-11(2)21-13-6-4-12(16)5-7-13/h4-7,10-11H,8-9H2,1-3H3,(H,17,18)/t10-,11+/m0/s1. The van der Waals surface area contributed by atoms with Crippen LogP contribution in [0.4, 0.5) is 4.39 Å². The van der Waals surface area contributed by atoms with Crippen molar-refractivity contribution in [3.05, 3.63) is 30.1 Å². The molecule has 1 aromatic rings. The minimum Gasteiger partial charge on any atom is -0.489 e. The van der Waals surface area contributed by atoms with Gasteiger partial charge in [0, 0.05) is 6.42 Å². The van der Waals surface area contributed by atoms with E-state index in [4.69, 9.17) is 4.74 Å². The molecule has 6 heteroatoms. The first kappa shape index (κ1) is 16.9. The minimum absolute atomic E-state index is 0.0654. The second kappa shape index (κ2) is 8.24. The Morgan fingerprint density at radius 2 is 1.86 bits per heavy atom. The van der Waals surface area contributed by atoms with Gasteiger partial charge in [0.05, 0.1) is 19.6 Å². The Balaban J connectivity index is 2.32. The Bertz CT molecular complexity index is 475. The predicted molar refractivity (Wildman–Crippen MR) is 75.3 cm³/mol. The maximum atomic E-state index is 12.7. The Morgan fingerprint density at radius 3 is 2.43 bits per heavy atom. The maximum absolute atomic E-state index is 12.7. The summed E-state index contributed by atoms with van der Waals surface area (Å²) >= 11 is 0. The second-order valence-electron chi connectivity index (χ2n) is 4.81. The highest BCUT2D eigenvalue weighted by Gasteiger charge is 2.17. The lowest BCUT2D eigenvalue weighted by molar-refractivity contribution is -0.146. The number of nitrogens with one attached hydrogen (secondary N) is 1. The van der Waals surface area contributed by atoms with Crippen LogP contribution in [0.5, 0.6) is 5.75 Å². The van der Waals surface area contributed by atoms with Crippen LogP contribution in [0.1, 0.15) is 20.3 Å². The van der Waals surface area contributed by atoms with E-state index in [9.17, 15) is 14.0 Å². The van der Waals surface area contributed by atoms with Crippen molar-refractivity contribution in [1.82, 2.24) is 5.32 Å². The van der Waals surface area contributed by atoms with E-state index >= 15 is 0 Å². The van der Waals surface area contributed by atoms with Gasteiger partial charge in [-0.1, -0.05) is 6.92 Å². The van der Waals surface area contributed by atoms with Crippen molar-refractivity contribution in [2.45, 2.75) is 26.4 Å². The summed E-state index contributed by atoms with van der Waals surface area (Å²) in [7, 11) is 1.29. The fourth-order valence-electron chi connectivity index (χ4n) is 1.68. The van der Waals surface area contributed by atoms with Gasteiger partial charge in [-0.2, -0.15) is 0 Å². The highest BCUT2D eigenvalue weighted by Crippen LogP contribution is 2.12. The van der Waals surface area contributed by atoms with E-state index in [2.05, 4.69) is 10.1 Å². The van der Waals surface area contributed by atoms with Crippen LogP contribution in [0.25, 0.3) is 0 Å². The Kier molecular flexibility index (Phi) is 6.65. The fraction of sp³-hybridized carbons (Fsp3) is 0.467. The molecular weight excluding hydrogens is 277 g/mol. The van der Waals surface area contributed by atoms with E-state index in [0.29, 0.717) is 12.3 Å². The number of amides is 1. The van der Waals surface area contributed by atoms with Gasteiger partial charge >= 0.3 is 5.97 Å². The third-order valence-electron chi connectivity index (χ3n) is 2.83. The molecule has 0 saturated carbocycles. The summed E-state index contributed by atoms with van der Waals surface area (Å²) in [5, 5.41) is 2.68. The summed E-state index contributed by atoms with van der Waals surface area (Å²) in [6.07, 6.45) is -0.205. The van der Waals surface area contributed by atoms with Gasteiger partial charge < -0.3 is 14.8 Å². The zero-order valence-electron chi connectivity index (χ0n) is 12.4. The number of carbonyl (C=O) groups is 2. The first-order valence-corrected chi connectivity index (χ1v) is 6.69. The molecule has 116 valence electrons. The zero-order valence-corrected chi connectivity index (χ0v) is 12.4. The molecule has 0 aliphatic rings. The van der Waals surface area contributed by atoms with E-state index < -0.39 is 11.9 Å². The van der Waals surface area contributed by atoms with Crippen molar-refractivity contribution in [3.63, 3.8) is 0 Å². The molecule has 0 spiro atoms. The van der Waals surface area contributed by atoms with Crippen LogP contribution in [0.15, 0.2) is 24.3 Å². The Hall–Kier alpha value is -2.11. The molecule has 0 fully saturated rings. The van der Waals surface area contributed by atoms with E-state index in [0.717, 1.165) is 0 Å². The number of hydrogen-bond acceptors (Lipinski definition) is 4. The first-order valence-electron chi connectivity index (χ1n) is 6.69. The quantitative estimate of drug-likeness (QED) is 0.781. The molecule has 0 aliphatic carbocycles. The van der Waals surface area contributed by atoms with Crippen LogP contribution < -0.4 is 10.1 Å². The van der Waals surface area contributed by atoms with E-state index in [-0.39, 0.29) is 24.2 Å². The number of carbonyl (C=O) groups excluding carboxylic acids is 2. The van der Waals surface area contributed by atoms with E-state index in [1.165, 1.54) is 31.4 Å². The predicted octanol–water partition coefficient (Wildman–Crippen LogP) is 1.91. The molecule has 5 nitrogen and oxygen atoms in total. The number of esters is 1. The molecule has 2 atom stereocenters. The normalized spacial score (nSPS) is 13.1. The molecule has 1 aromatic carbocycles. The molecule has 0 unspecified atom stereocenters. The van der Waals surface area contributed by atoms with Crippen molar-refractivity contribution in [3.8, 4) is 5.75 Å². The SMILES string of the molecule is COC(=O)[C@@H](C)CC(=O)NC[C@@H](C)Oc1ccc(F)cc1. The van der Waals surface area contributed by atoms with Crippen LogP contribution >= 0.6 is 0 Å². The summed E-state index contributed by atoms with van der Waals surface area (Å²) < 4.78 is 22.8. The molecule has 0 radical (unpaired) electrons. The van der Waals surface area contributed by atoms with Crippen molar-refractivity contribution in [2.75, 3.05) is 13.7 Å². The minimum atomic E-state index is -0.483. The third-order valence-corrected chi connectivity index (χ3v) is 2.83. The molecule has 0 heterocycles. The van der Waals surface area contributed by atoms with Gasteiger partial charge in [0.1, 0.15) is 17.7 Å². The summed E-state index contributed by atoms with van der Waals surface area (Å²) in [6, 6.07) is 5.65. The largest absolute Gasteiger partial charge is 0.489 e. The highest BCUT2D eigenvalue weighted by atomic mass is 19.1. The topological polar surface area (TPSA) is 64.6 Å². The average Bonchev–Trinajstić information content (AvgIpc) is 2.46. The zero-order chi connectivity index (χ0) is 15.8. The van der Waals surface area contributed by atoms with Crippen LogP contribution in [0.3, 0.4) is 0 Å². The van der Waals surface area contributed by atoms with Gasteiger partial charge in [-0.05, 0) is 31.2 Å². The maximum Gasteiger partial charge on any atom is 0.308 e. The van der Waals surface area contributed by atoms with E-state index in [1.807, 2.05) is 0 Å². The lowest BCUT2D eigenvalue weighted by Crippen LogP contribution is -2.35. The number of rotatable bonds is 7. The molecule has 0 saturated heterocycles.